The third-order valence-corrected chi connectivity index (χ3v) is 5.56. The highest BCUT2D eigenvalue weighted by molar-refractivity contribution is 6.33. The molecule has 154 valence electrons. The van der Waals surface area contributed by atoms with Gasteiger partial charge in [-0.25, -0.2) is 0 Å². The number of nitrogens with one attached hydrogen (secondary N) is 2. The van der Waals surface area contributed by atoms with Crippen molar-refractivity contribution in [3.63, 3.8) is 0 Å². The van der Waals surface area contributed by atoms with Crippen molar-refractivity contribution in [2.75, 3.05) is 18.4 Å². The summed E-state index contributed by atoms with van der Waals surface area (Å²) < 4.78 is 0. The molecule has 1 aromatic carbocycles. The number of aryl methyl sites for hydroxylation is 1. The second-order valence-corrected chi connectivity index (χ2v) is 7.87. The van der Waals surface area contributed by atoms with E-state index in [0.29, 0.717) is 35.2 Å². The van der Waals surface area contributed by atoms with Crippen LogP contribution in [0.3, 0.4) is 0 Å². The molecule has 0 bridgehead atoms. The SMILES string of the molecule is Cc1ccc(NC(=O)C2CCCN(C(=O)c3cc(-c4ccncc4)n[nH]3)C2)c(Cl)c1. The molecule has 1 aliphatic heterocycles. The number of nitrogens with zero attached hydrogens (tertiary/aromatic N) is 3. The Morgan fingerprint density at radius 3 is 2.77 bits per heavy atom. The lowest BCUT2D eigenvalue weighted by molar-refractivity contribution is -0.121. The molecule has 1 unspecified atom stereocenters. The van der Waals surface area contributed by atoms with Crippen LogP contribution in [0.1, 0.15) is 28.9 Å². The van der Waals surface area contributed by atoms with Gasteiger partial charge in [0, 0.05) is 31.0 Å². The van der Waals surface area contributed by atoms with Gasteiger partial charge in [0.25, 0.3) is 5.91 Å². The number of hydrogen-bond acceptors (Lipinski definition) is 4. The first-order chi connectivity index (χ1) is 14.5. The summed E-state index contributed by atoms with van der Waals surface area (Å²) in [5.41, 5.74) is 3.58. The molecule has 7 nitrogen and oxygen atoms in total. The monoisotopic (exact) mass is 423 g/mol. The molecule has 3 aromatic rings. The minimum Gasteiger partial charge on any atom is -0.337 e. The van der Waals surface area contributed by atoms with Gasteiger partial charge < -0.3 is 10.2 Å². The summed E-state index contributed by atoms with van der Waals surface area (Å²) in [4.78, 5) is 31.4. The van der Waals surface area contributed by atoms with E-state index >= 15 is 0 Å². The van der Waals surface area contributed by atoms with Crippen LogP contribution in [0.15, 0.2) is 48.8 Å². The molecule has 1 saturated heterocycles. The third-order valence-electron chi connectivity index (χ3n) is 5.25. The van der Waals surface area contributed by atoms with E-state index in [0.717, 1.165) is 24.0 Å². The van der Waals surface area contributed by atoms with Crippen LogP contribution in [-0.4, -0.2) is 45.0 Å². The number of rotatable bonds is 4. The Hall–Kier alpha value is -3.19. The number of carbonyl (C=O) groups excluding carboxylic acids is 2. The average molecular weight is 424 g/mol. The van der Waals surface area contributed by atoms with Gasteiger partial charge in [-0.1, -0.05) is 17.7 Å². The van der Waals surface area contributed by atoms with E-state index in [9.17, 15) is 9.59 Å². The first-order valence-electron chi connectivity index (χ1n) is 9.83. The minimum absolute atomic E-state index is 0.125. The van der Waals surface area contributed by atoms with Gasteiger partial charge in [0.15, 0.2) is 0 Å². The number of likely N-dealkylation sites (tertiary alicyclic amines) is 1. The molecule has 2 aromatic heterocycles. The van der Waals surface area contributed by atoms with Crippen LogP contribution in [0.5, 0.6) is 0 Å². The van der Waals surface area contributed by atoms with Crippen LogP contribution in [0.2, 0.25) is 5.02 Å². The predicted octanol–water partition coefficient (Wildman–Crippen LogP) is 3.92. The van der Waals surface area contributed by atoms with Crippen molar-refractivity contribution in [3.05, 3.63) is 65.1 Å². The molecule has 1 atom stereocenters. The Labute approximate surface area is 179 Å². The van der Waals surface area contributed by atoms with Crippen molar-refractivity contribution in [1.82, 2.24) is 20.1 Å². The summed E-state index contributed by atoms with van der Waals surface area (Å²) in [6.07, 6.45) is 4.85. The Balaban J connectivity index is 1.43. The molecule has 3 heterocycles. The quantitative estimate of drug-likeness (QED) is 0.665. The van der Waals surface area contributed by atoms with Crippen molar-refractivity contribution in [1.29, 1.82) is 0 Å². The Kier molecular flexibility index (Phi) is 5.81. The van der Waals surface area contributed by atoms with Crippen LogP contribution < -0.4 is 5.32 Å². The number of H-pyrrole nitrogens is 1. The van der Waals surface area contributed by atoms with E-state index < -0.39 is 0 Å². The van der Waals surface area contributed by atoms with E-state index in [1.54, 1.807) is 29.4 Å². The maximum Gasteiger partial charge on any atom is 0.271 e. The number of anilines is 1. The average Bonchev–Trinajstić information content (AvgIpc) is 3.26. The van der Waals surface area contributed by atoms with E-state index in [-0.39, 0.29) is 17.7 Å². The number of amides is 2. The maximum atomic E-state index is 13.0. The summed E-state index contributed by atoms with van der Waals surface area (Å²) in [6.45, 7) is 2.91. The molecule has 0 saturated carbocycles. The molecule has 1 fully saturated rings. The van der Waals surface area contributed by atoms with Gasteiger partial charge >= 0.3 is 0 Å². The standard InChI is InChI=1S/C22H22ClN5O2/c1-14-4-5-18(17(23)11-14)25-21(29)16-3-2-10-28(13-16)22(30)20-12-19(26-27-20)15-6-8-24-9-7-15/h4-9,11-12,16H,2-3,10,13H2,1H3,(H,25,29)(H,26,27). The Morgan fingerprint density at radius 2 is 2.00 bits per heavy atom. The summed E-state index contributed by atoms with van der Waals surface area (Å²) in [5.74, 6) is -0.573. The third kappa shape index (κ3) is 4.36. The predicted molar refractivity (Wildman–Crippen MR) is 115 cm³/mol. The summed E-state index contributed by atoms with van der Waals surface area (Å²) in [6, 6.07) is 10.9. The van der Waals surface area contributed by atoms with Crippen molar-refractivity contribution in [2.24, 2.45) is 5.92 Å². The van der Waals surface area contributed by atoms with E-state index in [1.165, 1.54) is 0 Å². The first kappa shape index (κ1) is 20.1. The zero-order valence-corrected chi connectivity index (χ0v) is 17.3. The summed E-state index contributed by atoms with van der Waals surface area (Å²) in [5, 5.41) is 10.5. The molecule has 4 rings (SSSR count). The second kappa shape index (κ2) is 8.67. The van der Waals surface area contributed by atoms with Crippen LogP contribution in [0, 0.1) is 12.8 Å². The molecule has 30 heavy (non-hydrogen) atoms. The smallest absolute Gasteiger partial charge is 0.271 e. The van der Waals surface area contributed by atoms with Gasteiger partial charge in [-0.2, -0.15) is 5.10 Å². The minimum atomic E-state index is -0.289. The Morgan fingerprint density at radius 1 is 1.20 bits per heavy atom. The molecule has 0 aliphatic carbocycles. The van der Waals surface area contributed by atoms with E-state index in [2.05, 4.69) is 20.5 Å². The van der Waals surface area contributed by atoms with Gasteiger partial charge in [0.1, 0.15) is 5.69 Å². The fraction of sp³-hybridized carbons (Fsp3) is 0.273. The zero-order valence-electron chi connectivity index (χ0n) is 16.6. The van der Waals surface area contributed by atoms with Gasteiger partial charge in [0.05, 0.1) is 22.3 Å². The second-order valence-electron chi connectivity index (χ2n) is 7.47. The lowest BCUT2D eigenvalue weighted by Gasteiger charge is -2.31. The lowest BCUT2D eigenvalue weighted by atomic mass is 9.96. The van der Waals surface area contributed by atoms with Crippen LogP contribution in [-0.2, 0) is 4.79 Å². The number of aromatic amines is 1. The lowest BCUT2D eigenvalue weighted by Crippen LogP contribution is -2.43. The largest absolute Gasteiger partial charge is 0.337 e. The highest BCUT2D eigenvalue weighted by atomic mass is 35.5. The maximum absolute atomic E-state index is 13.0. The van der Waals surface area contributed by atoms with E-state index in [1.807, 2.05) is 31.2 Å². The van der Waals surface area contributed by atoms with Gasteiger partial charge in [-0.3, -0.25) is 19.7 Å². The fourth-order valence-corrected chi connectivity index (χ4v) is 3.89. The molecule has 0 spiro atoms. The zero-order chi connectivity index (χ0) is 21.1. The number of halogens is 1. The number of benzene rings is 1. The summed E-state index contributed by atoms with van der Waals surface area (Å²) >= 11 is 6.23. The topological polar surface area (TPSA) is 91.0 Å². The molecular weight excluding hydrogens is 402 g/mol. The normalized spacial score (nSPS) is 16.3. The van der Waals surface area contributed by atoms with Gasteiger partial charge in [-0.15, -0.1) is 0 Å². The van der Waals surface area contributed by atoms with Crippen molar-refractivity contribution >= 4 is 29.1 Å². The number of aromatic nitrogens is 3. The first-order valence-corrected chi connectivity index (χ1v) is 10.2. The van der Waals surface area contributed by atoms with Crippen molar-refractivity contribution in [3.8, 4) is 11.3 Å². The van der Waals surface area contributed by atoms with Crippen molar-refractivity contribution < 1.29 is 9.59 Å². The number of carbonyl (C=O) groups is 2. The molecule has 2 amide bonds. The van der Waals surface area contributed by atoms with E-state index in [4.69, 9.17) is 11.6 Å². The Bertz CT molecular complexity index is 1070. The van der Waals surface area contributed by atoms with Crippen molar-refractivity contribution in [2.45, 2.75) is 19.8 Å². The highest BCUT2D eigenvalue weighted by Gasteiger charge is 2.30. The van der Waals surface area contributed by atoms with Crippen LogP contribution >= 0.6 is 11.6 Å². The molecule has 0 radical (unpaired) electrons. The van der Waals surface area contributed by atoms with Gasteiger partial charge in [0.2, 0.25) is 5.91 Å². The number of hydrogen-bond donors (Lipinski definition) is 2. The molecule has 1 aliphatic rings. The number of piperidine rings is 1. The highest BCUT2D eigenvalue weighted by Crippen LogP contribution is 2.26. The molecular formula is C22H22ClN5O2. The van der Waals surface area contributed by atoms with Gasteiger partial charge in [-0.05, 0) is 55.7 Å². The van der Waals surface area contributed by atoms with Crippen LogP contribution in [0.4, 0.5) is 5.69 Å². The molecule has 2 N–H and O–H groups in total. The number of pyridine rings is 1. The molecule has 8 heteroatoms. The summed E-state index contributed by atoms with van der Waals surface area (Å²) in [7, 11) is 0. The fourth-order valence-electron chi connectivity index (χ4n) is 3.60. The van der Waals surface area contributed by atoms with Crippen LogP contribution in [0.25, 0.3) is 11.3 Å².